The molecule has 0 unspecified atom stereocenters. The van der Waals surface area contributed by atoms with Crippen molar-refractivity contribution in [2.75, 3.05) is 0 Å². The lowest BCUT2D eigenvalue weighted by atomic mass is 9.78. The van der Waals surface area contributed by atoms with E-state index in [1.54, 1.807) is 0 Å². The zero-order valence-electron chi connectivity index (χ0n) is 15.5. The second-order valence-corrected chi connectivity index (χ2v) is 8.04. The summed E-state index contributed by atoms with van der Waals surface area (Å²) >= 11 is 0. The molecule has 0 spiro atoms. The van der Waals surface area contributed by atoms with Crippen molar-refractivity contribution in [1.29, 1.82) is 0 Å². The molecule has 0 aromatic carbocycles. The summed E-state index contributed by atoms with van der Waals surface area (Å²) in [5, 5.41) is 0. The fourth-order valence-electron chi connectivity index (χ4n) is 3.06. The highest BCUT2D eigenvalue weighted by Gasteiger charge is 2.38. The van der Waals surface area contributed by atoms with Crippen LogP contribution in [0.5, 0.6) is 0 Å². The summed E-state index contributed by atoms with van der Waals surface area (Å²) in [6, 6.07) is 0. The quantitative estimate of drug-likeness (QED) is 0.406. The summed E-state index contributed by atoms with van der Waals surface area (Å²) in [7, 11) is 0. The van der Waals surface area contributed by atoms with Gasteiger partial charge < -0.3 is 0 Å². The van der Waals surface area contributed by atoms with E-state index >= 15 is 0 Å². The Kier molecular flexibility index (Phi) is 7.94. The van der Waals surface area contributed by atoms with Crippen LogP contribution in [0.25, 0.3) is 0 Å². The molecule has 3 nitrogen and oxygen atoms in total. The molecule has 21 heavy (non-hydrogen) atoms. The predicted molar refractivity (Wildman–Crippen MR) is 87.9 cm³/mol. The molecule has 0 aliphatic carbocycles. The van der Waals surface area contributed by atoms with E-state index in [0.717, 1.165) is 38.5 Å². The van der Waals surface area contributed by atoms with Crippen molar-refractivity contribution in [2.24, 2.45) is 10.8 Å². The van der Waals surface area contributed by atoms with E-state index < -0.39 is 11.0 Å². The Hall–Kier alpha value is -0.570. The van der Waals surface area contributed by atoms with Crippen LogP contribution in [0.4, 0.5) is 0 Å². The second-order valence-electron chi connectivity index (χ2n) is 8.04. The first-order valence-corrected chi connectivity index (χ1v) is 8.42. The average Bonchev–Trinajstić information content (AvgIpc) is 2.35. The molecule has 0 saturated heterocycles. The van der Waals surface area contributed by atoms with Gasteiger partial charge in [-0.3, -0.25) is 4.89 Å². The van der Waals surface area contributed by atoms with Gasteiger partial charge in [-0.25, -0.2) is 4.79 Å². The summed E-state index contributed by atoms with van der Waals surface area (Å²) < 4.78 is 0. The van der Waals surface area contributed by atoms with Crippen LogP contribution in [-0.2, 0) is 14.6 Å². The van der Waals surface area contributed by atoms with E-state index in [9.17, 15) is 4.79 Å². The molecule has 0 aliphatic heterocycles. The van der Waals surface area contributed by atoms with Crippen LogP contribution in [0, 0.1) is 10.8 Å². The highest BCUT2D eigenvalue weighted by atomic mass is 17.2. The van der Waals surface area contributed by atoms with E-state index in [1.165, 1.54) is 0 Å². The molecular formula is C18H36O3. The van der Waals surface area contributed by atoms with Gasteiger partial charge in [0.15, 0.2) is 0 Å². The lowest BCUT2D eigenvalue weighted by molar-refractivity contribution is -0.336. The van der Waals surface area contributed by atoms with Crippen molar-refractivity contribution in [3.63, 3.8) is 0 Å². The molecule has 0 aliphatic rings. The lowest BCUT2D eigenvalue weighted by Gasteiger charge is -2.33. The van der Waals surface area contributed by atoms with E-state index in [4.69, 9.17) is 9.78 Å². The zero-order chi connectivity index (χ0) is 16.7. The van der Waals surface area contributed by atoms with E-state index in [0.29, 0.717) is 0 Å². The first kappa shape index (κ1) is 20.4. The standard InChI is InChI=1S/C18H36O3/c1-9-12-13-18(10-2,11-3)15(19)20-21-17(7,8)14-16(4,5)6/h9-14H2,1-8H3. The van der Waals surface area contributed by atoms with Gasteiger partial charge in [-0.15, -0.1) is 0 Å². The number of hydrogen-bond acceptors (Lipinski definition) is 3. The Bertz CT molecular complexity index is 309. The van der Waals surface area contributed by atoms with E-state index in [-0.39, 0.29) is 11.4 Å². The maximum absolute atomic E-state index is 12.5. The first-order valence-electron chi connectivity index (χ1n) is 8.42. The van der Waals surface area contributed by atoms with E-state index in [1.807, 2.05) is 13.8 Å². The van der Waals surface area contributed by atoms with Gasteiger partial charge in [0.05, 0.1) is 5.41 Å². The number of unbranched alkanes of at least 4 members (excludes halogenated alkanes) is 1. The fourth-order valence-corrected chi connectivity index (χ4v) is 3.06. The third-order valence-electron chi connectivity index (χ3n) is 4.09. The fraction of sp³-hybridized carbons (Fsp3) is 0.944. The van der Waals surface area contributed by atoms with Crippen LogP contribution in [0.1, 0.15) is 93.9 Å². The highest BCUT2D eigenvalue weighted by molar-refractivity contribution is 5.76. The molecule has 3 heteroatoms. The minimum atomic E-state index is -0.466. The second kappa shape index (κ2) is 8.17. The van der Waals surface area contributed by atoms with Gasteiger partial charge in [-0.2, -0.15) is 4.89 Å². The van der Waals surface area contributed by atoms with Gasteiger partial charge in [0, 0.05) is 0 Å². The third kappa shape index (κ3) is 7.30. The summed E-state index contributed by atoms with van der Waals surface area (Å²) in [6.07, 6.45) is 5.43. The van der Waals surface area contributed by atoms with Crippen LogP contribution in [-0.4, -0.2) is 11.6 Å². The molecule has 0 saturated carbocycles. The molecule has 0 rings (SSSR count). The van der Waals surface area contributed by atoms with Crippen molar-refractivity contribution in [3.05, 3.63) is 0 Å². The molecule has 0 bridgehead atoms. The van der Waals surface area contributed by atoms with Gasteiger partial charge in [0.2, 0.25) is 0 Å². The number of carbonyl (C=O) groups is 1. The molecule has 126 valence electrons. The van der Waals surface area contributed by atoms with Crippen LogP contribution >= 0.6 is 0 Å². The number of carbonyl (C=O) groups excluding carboxylic acids is 1. The molecule has 0 aromatic heterocycles. The van der Waals surface area contributed by atoms with Gasteiger partial charge >= 0.3 is 5.97 Å². The molecule has 0 heterocycles. The van der Waals surface area contributed by atoms with E-state index in [2.05, 4.69) is 41.5 Å². The Morgan fingerprint density at radius 3 is 1.86 bits per heavy atom. The SMILES string of the molecule is CCCCC(CC)(CC)C(=O)OOC(C)(C)CC(C)(C)C. The maximum atomic E-state index is 12.5. The van der Waals surface area contributed by atoms with Gasteiger partial charge in [0.1, 0.15) is 5.60 Å². The average molecular weight is 300 g/mol. The zero-order valence-corrected chi connectivity index (χ0v) is 15.5. The Labute approximate surface area is 131 Å². The molecule has 0 amide bonds. The summed E-state index contributed by atoms with van der Waals surface area (Å²) in [5.74, 6) is -0.206. The Balaban J connectivity index is 4.70. The highest BCUT2D eigenvalue weighted by Crippen LogP contribution is 2.36. The number of hydrogen-bond donors (Lipinski definition) is 0. The Morgan fingerprint density at radius 2 is 1.48 bits per heavy atom. The molecular weight excluding hydrogens is 264 g/mol. The monoisotopic (exact) mass is 300 g/mol. The van der Waals surface area contributed by atoms with Crippen molar-refractivity contribution in [2.45, 2.75) is 99.5 Å². The molecule has 0 fully saturated rings. The normalized spacial score (nSPS) is 13.3. The van der Waals surface area contributed by atoms with Crippen molar-refractivity contribution in [3.8, 4) is 0 Å². The van der Waals surface area contributed by atoms with Gasteiger partial charge in [0.25, 0.3) is 0 Å². The number of rotatable bonds is 9. The molecule has 0 aromatic rings. The summed E-state index contributed by atoms with van der Waals surface area (Å²) in [6.45, 7) is 16.7. The first-order chi connectivity index (χ1) is 9.52. The largest absolute Gasteiger partial charge is 0.348 e. The summed E-state index contributed by atoms with van der Waals surface area (Å²) in [5.41, 5.74) is -0.732. The maximum Gasteiger partial charge on any atom is 0.348 e. The smallest absolute Gasteiger partial charge is 0.297 e. The van der Waals surface area contributed by atoms with Crippen molar-refractivity contribution in [1.82, 2.24) is 0 Å². The minimum Gasteiger partial charge on any atom is -0.297 e. The van der Waals surface area contributed by atoms with Crippen molar-refractivity contribution < 1.29 is 14.6 Å². The molecule has 0 atom stereocenters. The van der Waals surface area contributed by atoms with Gasteiger partial charge in [-0.1, -0.05) is 54.4 Å². The topological polar surface area (TPSA) is 35.5 Å². The van der Waals surface area contributed by atoms with Crippen LogP contribution < -0.4 is 0 Å². The van der Waals surface area contributed by atoms with Crippen molar-refractivity contribution >= 4 is 5.97 Å². The minimum absolute atomic E-state index is 0.130. The van der Waals surface area contributed by atoms with Crippen LogP contribution in [0.2, 0.25) is 0 Å². The third-order valence-corrected chi connectivity index (χ3v) is 4.09. The molecule has 0 radical (unpaired) electrons. The molecule has 0 N–H and O–H groups in total. The van der Waals surface area contributed by atoms with Crippen LogP contribution in [0.3, 0.4) is 0 Å². The Morgan fingerprint density at radius 1 is 0.952 bits per heavy atom. The summed E-state index contributed by atoms with van der Waals surface area (Å²) in [4.78, 5) is 23.3. The van der Waals surface area contributed by atoms with Crippen LogP contribution in [0.15, 0.2) is 0 Å². The lowest BCUT2D eigenvalue weighted by Crippen LogP contribution is -2.36. The van der Waals surface area contributed by atoms with Gasteiger partial charge in [-0.05, 0) is 44.9 Å². The predicted octanol–water partition coefficient (Wildman–Crippen LogP) is 5.67.